The summed E-state index contributed by atoms with van der Waals surface area (Å²) in [4.78, 5) is 2.34. The topological polar surface area (TPSA) is 24.5 Å². The Morgan fingerprint density at radius 3 is 2.82 bits per heavy atom. The van der Waals surface area contributed by atoms with E-state index in [9.17, 15) is 4.39 Å². The molecule has 1 fully saturated rings. The zero-order chi connectivity index (χ0) is 12.1. The predicted octanol–water partition coefficient (Wildman–Crippen LogP) is 1.87. The van der Waals surface area contributed by atoms with Gasteiger partial charge >= 0.3 is 0 Å². The largest absolute Gasteiger partial charge is 0.492 e. The summed E-state index contributed by atoms with van der Waals surface area (Å²) < 4.78 is 19.2. The van der Waals surface area contributed by atoms with Crippen molar-refractivity contribution in [3.63, 3.8) is 0 Å². The molecule has 94 valence electrons. The van der Waals surface area contributed by atoms with E-state index in [1.54, 1.807) is 12.1 Å². The van der Waals surface area contributed by atoms with Gasteiger partial charge < -0.3 is 10.1 Å². The maximum atomic E-state index is 13.2. The number of rotatable bonds is 4. The number of piperazine rings is 1. The van der Waals surface area contributed by atoms with E-state index in [0.29, 0.717) is 16.8 Å². The van der Waals surface area contributed by atoms with Crippen LogP contribution in [0.3, 0.4) is 0 Å². The number of nitrogens with one attached hydrogen (secondary N) is 1. The number of benzene rings is 1. The lowest BCUT2D eigenvalue weighted by molar-refractivity contribution is 0.191. The molecule has 2 rings (SSSR count). The number of halogens is 2. The van der Waals surface area contributed by atoms with E-state index in [1.807, 2.05) is 0 Å². The fourth-order valence-electron chi connectivity index (χ4n) is 1.79. The fraction of sp³-hybridized carbons (Fsp3) is 0.500. The average Bonchev–Trinajstić information content (AvgIpc) is 2.35. The van der Waals surface area contributed by atoms with Gasteiger partial charge in [-0.05, 0) is 28.1 Å². The second kappa shape index (κ2) is 6.33. The highest BCUT2D eigenvalue weighted by molar-refractivity contribution is 9.10. The molecule has 0 bridgehead atoms. The van der Waals surface area contributed by atoms with Crippen molar-refractivity contribution in [2.75, 3.05) is 39.3 Å². The molecular formula is C12H16BrFN2O. The van der Waals surface area contributed by atoms with E-state index in [0.717, 1.165) is 32.7 Å². The Morgan fingerprint density at radius 1 is 1.35 bits per heavy atom. The molecule has 0 radical (unpaired) electrons. The van der Waals surface area contributed by atoms with Gasteiger partial charge in [-0.3, -0.25) is 4.90 Å². The minimum Gasteiger partial charge on any atom is -0.492 e. The van der Waals surface area contributed by atoms with Gasteiger partial charge in [-0.25, -0.2) is 4.39 Å². The summed E-state index contributed by atoms with van der Waals surface area (Å²) in [6, 6.07) is 4.84. The highest BCUT2D eigenvalue weighted by Crippen LogP contribution is 2.20. The molecule has 0 atom stereocenters. The average molecular weight is 303 g/mol. The van der Waals surface area contributed by atoms with Gasteiger partial charge in [0.05, 0.1) is 4.47 Å². The summed E-state index contributed by atoms with van der Waals surface area (Å²) in [7, 11) is 0. The van der Waals surface area contributed by atoms with Crippen LogP contribution in [-0.2, 0) is 0 Å². The van der Waals surface area contributed by atoms with Crippen LogP contribution in [0.4, 0.5) is 4.39 Å². The van der Waals surface area contributed by atoms with Crippen LogP contribution >= 0.6 is 15.9 Å². The molecule has 1 aromatic carbocycles. The van der Waals surface area contributed by atoms with Crippen molar-refractivity contribution in [3.05, 3.63) is 28.5 Å². The molecule has 3 nitrogen and oxygen atoms in total. The number of ether oxygens (including phenoxy) is 1. The monoisotopic (exact) mass is 302 g/mol. The van der Waals surface area contributed by atoms with Crippen molar-refractivity contribution in [3.8, 4) is 5.75 Å². The molecule has 1 N–H and O–H groups in total. The van der Waals surface area contributed by atoms with Crippen molar-refractivity contribution in [1.29, 1.82) is 0 Å². The molecule has 0 saturated carbocycles. The molecule has 0 aromatic heterocycles. The first-order valence-corrected chi connectivity index (χ1v) is 6.56. The highest BCUT2D eigenvalue weighted by Gasteiger charge is 2.09. The summed E-state index contributed by atoms with van der Waals surface area (Å²) in [6.45, 7) is 5.66. The quantitative estimate of drug-likeness (QED) is 0.919. The summed E-state index contributed by atoms with van der Waals surface area (Å²) in [5.74, 6) is 0.297. The molecule has 0 unspecified atom stereocenters. The minimum atomic E-state index is -0.287. The molecule has 1 aromatic rings. The van der Waals surface area contributed by atoms with Crippen molar-refractivity contribution < 1.29 is 9.13 Å². The van der Waals surface area contributed by atoms with Crippen LogP contribution in [0.2, 0.25) is 0 Å². The smallest absolute Gasteiger partial charge is 0.141 e. The van der Waals surface area contributed by atoms with E-state index in [2.05, 4.69) is 26.1 Å². The first-order valence-electron chi connectivity index (χ1n) is 5.76. The Balaban J connectivity index is 1.75. The van der Waals surface area contributed by atoms with Crippen LogP contribution < -0.4 is 10.1 Å². The van der Waals surface area contributed by atoms with Gasteiger partial charge in [0.2, 0.25) is 0 Å². The van der Waals surface area contributed by atoms with E-state index < -0.39 is 0 Å². The first-order chi connectivity index (χ1) is 8.25. The third-order valence-corrected chi connectivity index (χ3v) is 3.42. The first kappa shape index (κ1) is 12.8. The maximum absolute atomic E-state index is 13.2. The van der Waals surface area contributed by atoms with Gasteiger partial charge in [0.15, 0.2) is 0 Å². The molecule has 0 amide bonds. The fourth-order valence-corrected chi connectivity index (χ4v) is 2.04. The van der Waals surface area contributed by atoms with Crippen LogP contribution in [0.25, 0.3) is 0 Å². The zero-order valence-electron chi connectivity index (χ0n) is 9.59. The third kappa shape index (κ3) is 3.94. The van der Waals surface area contributed by atoms with Gasteiger partial charge in [0.1, 0.15) is 18.2 Å². The predicted molar refractivity (Wildman–Crippen MR) is 68.9 cm³/mol. The Kier molecular flexibility index (Phi) is 4.76. The highest BCUT2D eigenvalue weighted by atomic mass is 79.9. The molecule has 0 spiro atoms. The standard InChI is InChI=1S/C12H16BrFN2O/c13-11-2-1-10(9-12(11)14)17-8-7-16-5-3-15-4-6-16/h1-2,9,15H,3-8H2. The second-order valence-corrected chi connectivity index (χ2v) is 4.87. The van der Waals surface area contributed by atoms with Gasteiger partial charge in [-0.1, -0.05) is 0 Å². The van der Waals surface area contributed by atoms with Crippen molar-refractivity contribution in [2.24, 2.45) is 0 Å². The van der Waals surface area contributed by atoms with Gasteiger partial charge in [0, 0.05) is 38.8 Å². The molecule has 1 heterocycles. The zero-order valence-corrected chi connectivity index (χ0v) is 11.2. The molecule has 1 aliphatic heterocycles. The van der Waals surface area contributed by atoms with Crippen molar-refractivity contribution in [2.45, 2.75) is 0 Å². The number of hydrogen-bond acceptors (Lipinski definition) is 3. The maximum Gasteiger partial charge on any atom is 0.141 e. The lowest BCUT2D eigenvalue weighted by Crippen LogP contribution is -2.44. The SMILES string of the molecule is Fc1cc(OCCN2CCNCC2)ccc1Br. The Bertz CT molecular complexity index is 370. The third-order valence-electron chi connectivity index (χ3n) is 2.78. The Hall–Kier alpha value is -0.650. The van der Waals surface area contributed by atoms with E-state index in [1.165, 1.54) is 6.07 Å². The lowest BCUT2D eigenvalue weighted by Gasteiger charge is -2.26. The Morgan fingerprint density at radius 2 is 2.12 bits per heavy atom. The summed E-state index contributed by atoms with van der Waals surface area (Å²) >= 11 is 3.11. The minimum absolute atomic E-state index is 0.287. The van der Waals surface area contributed by atoms with Crippen LogP contribution in [-0.4, -0.2) is 44.2 Å². The van der Waals surface area contributed by atoms with Gasteiger partial charge in [0.25, 0.3) is 0 Å². The molecule has 1 saturated heterocycles. The summed E-state index contributed by atoms with van der Waals surface area (Å²) in [6.07, 6.45) is 0. The van der Waals surface area contributed by atoms with Gasteiger partial charge in [-0.2, -0.15) is 0 Å². The van der Waals surface area contributed by atoms with Crippen LogP contribution in [0.5, 0.6) is 5.75 Å². The molecule has 0 aliphatic carbocycles. The second-order valence-electron chi connectivity index (χ2n) is 4.02. The normalized spacial score (nSPS) is 17.1. The van der Waals surface area contributed by atoms with Crippen molar-refractivity contribution in [1.82, 2.24) is 10.2 Å². The lowest BCUT2D eigenvalue weighted by atomic mass is 10.3. The van der Waals surface area contributed by atoms with Gasteiger partial charge in [-0.15, -0.1) is 0 Å². The summed E-state index contributed by atoms with van der Waals surface area (Å²) in [5.41, 5.74) is 0. The van der Waals surface area contributed by atoms with Crippen LogP contribution in [0, 0.1) is 5.82 Å². The Labute approximate surface area is 109 Å². The molecular weight excluding hydrogens is 287 g/mol. The number of nitrogens with zero attached hydrogens (tertiary/aromatic N) is 1. The molecule has 1 aliphatic rings. The van der Waals surface area contributed by atoms with Crippen LogP contribution in [0.1, 0.15) is 0 Å². The molecule has 5 heteroatoms. The van der Waals surface area contributed by atoms with Crippen LogP contribution in [0.15, 0.2) is 22.7 Å². The van der Waals surface area contributed by atoms with E-state index in [4.69, 9.17) is 4.74 Å². The molecule has 17 heavy (non-hydrogen) atoms. The number of hydrogen-bond donors (Lipinski definition) is 1. The van der Waals surface area contributed by atoms with E-state index >= 15 is 0 Å². The van der Waals surface area contributed by atoms with E-state index in [-0.39, 0.29) is 5.82 Å². The van der Waals surface area contributed by atoms with Crippen molar-refractivity contribution >= 4 is 15.9 Å². The summed E-state index contributed by atoms with van der Waals surface area (Å²) in [5, 5.41) is 3.30.